The smallest absolute Gasteiger partial charge is 0.251 e. The number of sulfone groups is 1. The summed E-state index contributed by atoms with van der Waals surface area (Å²) in [6.07, 6.45) is 0. The molecule has 1 unspecified atom stereocenters. The largest absolute Gasteiger partial charge is 0.350 e. The third-order valence-corrected chi connectivity index (χ3v) is 5.94. The Morgan fingerprint density at radius 1 is 1.03 bits per heavy atom. The van der Waals surface area contributed by atoms with Gasteiger partial charge in [0.05, 0.1) is 11.8 Å². The van der Waals surface area contributed by atoms with Gasteiger partial charge in [-0.1, -0.05) is 18.2 Å². The van der Waals surface area contributed by atoms with Crippen LogP contribution in [-0.2, 0) is 20.4 Å². The van der Waals surface area contributed by atoms with Crippen LogP contribution < -0.4 is 10.6 Å². The lowest BCUT2D eigenvalue weighted by molar-refractivity contribution is -0.120. The molecule has 2 N–H and O–H groups in total. The Bertz CT molecular complexity index is 1060. The van der Waals surface area contributed by atoms with Gasteiger partial charge in [-0.15, -0.1) is 0 Å². The number of nitrogens with one attached hydrogen (secondary N) is 2. The summed E-state index contributed by atoms with van der Waals surface area (Å²) in [5.74, 6) is -7.15. The maximum absolute atomic E-state index is 13.9. The summed E-state index contributed by atoms with van der Waals surface area (Å²) >= 11 is 0. The molecule has 2 aromatic rings. The molecule has 0 saturated carbocycles. The van der Waals surface area contributed by atoms with Crippen LogP contribution in [0.2, 0.25) is 0 Å². The molecule has 0 fully saturated rings. The summed E-state index contributed by atoms with van der Waals surface area (Å²) in [5, 5.41) is 11.0. The van der Waals surface area contributed by atoms with Gasteiger partial charge >= 0.3 is 0 Å². The molecule has 0 saturated heterocycles. The van der Waals surface area contributed by atoms with Crippen molar-refractivity contribution >= 4 is 21.7 Å². The molecule has 0 bridgehead atoms. The van der Waals surface area contributed by atoms with E-state index >= 15 is 0 Å². The summed E-state index contributed by atoms with van der Waals surface area (Å²) in [6.45, 7) is -1.23. The average molecular weight is 439 g/mol. The van der Waals surface area contributed by atoms with Gasteiger partial charge in [-0.05, 0) is 12.1 Å². The molecule has 2 aromatic carbocycles. The number of hydrogen-bond donors (Lipinski definition) is 2. The Morgan fingerprint density at radius 3 is 2.20 bits per heavy atom. The van der Waals surface area contributed by atoms with E-state index in [1.54, 1.807) is 24.3 Å². The van der Waals surface area contributed by atoms with Crippen LogP contribution in [-0.4, -0.2) is 38.6 Å². The van der Waals surface area contributed by atoms with Gasteiger partial charge in [0, 0.05) is 29.8 Å². The molecule has 0 aliphatic rings. The highest BCUT2D eigenvalue weighted by Crippen LogP contribution is 2.20. The zero-order chi connectivity index (χ0) is 22.3. The number of nitrogens with zero attached hydrogens (tertiary/aromatic N) is 1. The van der Waals surface area contributed by atoms with E-state index in [0.717, 1.165) is 0 Å². The molecule has 0 aliphatic carbocycles. The topological polar surface area (TPSA) is 116 Å². The van der Waals surface area contributed by atoms with Gasteiger partial charge in [-0.2, -0.15) is 5.26 Å². The van der Waals surface area contributed by atoms with Crippen molar-refractivity contribution in [2.45, 2.75) is 11.0 Å². The highest BCUT2D eigenvalue weighted by Gasteiger charge is 2.34. The molecule has 2 rings (SSSR count). The Kier molecular flexibility index (Phi) is 7.54. The lowest BCUT2D eigenvalue weighted by Gasteiger charge is -2.18. The minimum atomic E-state index is -4.58. The minimum absolute atomic E-state index is 0.196. The van der Waals surface area contributed by atoms with Gasteiger partial charge < -0.3 is 10.6 Å². The van der Waals surface area contributed by atoms with E-state index in [1.807, 2.05) is 5.32 Å². The first-order valence-corrected chi connectivity index (χ1v) is 10.2. The number of hydrogen-bond acceptors (Lipinski definition) is 5. The molecule has 158 valence electrons. The molecule has 0 aliphatic heterocycles. The van der Waals surface area contributed by atoms with Crippen molar-refractivity contribution in [3.05, 3.63) is 71.0 Å². The average Bonchev–Trinajstić information content (AvgIpc) is 2.69. The van der Waals surface area contributed by atoms with Gasteiger partial charge in [-0.25, -0.2) is 21.6 Å². The Labute approximate surface area is 170 Å². The zero-order valence-electron chi connectivity index (χ0n) is 15.4. The van der Waals surface area contributed by atoms with Crippen molar-refractivity contribution in [2.75, 3.05) is 13.1 Å². The lowest BCUT2D eigenvalue weighted by Crippen LogP contribution is -2.47. The van der Waals surface area contributed by atoms with Gasteiger partial charge in [0.1, 0.15) is 24.0 Å². The van der Waals surface area contributed by atoms with Crippen LogP contribution in [0.4, 0.5) is 13.2 Å². The zero-order valence-corrected chi connectivity index (χ0v) is 16.2. The van der Waals surface area contributed by atoms with E-state index in [4.69, 9.17) is 5.26 Å². The van der Waals surface area contributed by atoms with E-state index in [-0.39, 0.29) is 5.56 Å². The fraction of sp³-hybridized carbons (Fsp3) is 0.211. The number of rotatable bonds is 8. The second-order valence-electron chi connectivity index (χ2n) is 6.10. The van der Waals surface area contributed by atoms with Gasteiger partial charge in [0.25, 0.3) is 5.91 Å². The second-order valence-corrected chi connectivity index (χ2v) is 8.28. The summed E-state index contributed by atoms with van der Waals surface area (Å²) in [7, 11) is -4.58. The van der Waals surface area contributed by atoms with E-state index in [9.17, 15) is 31.2 Å². The van der Waals surface area contributed by atoms with Crippen LogP contribution in [0.5, 0.6) is 0 Å². The van der Waals surface area contributed by atoms with E-state index in [2.05, 4.69) is 5.32 Å². The molecule has 30 heavy (non-hydrogen) atoms. The third-order valence-electron chi connectivity index (χ3n) is 4.00. The van der Waals surface area contributed by atoms with Crippen LogP contribution in [0.25, 0.3) is 0 Å². The fourth-order valence-electron chi connectivity index (χ4n) is 2.51. The highest BCUT2D eigenvalue weighted by atomic mass is 32.2. The van der Waals surface area contributed by atoms with E-state index in [1.165, 1.54) is 12.1 Å². The van der Waals surface area contributed by atoms with Crippen molar-refractivity contribution in [2.24, 2.45) is 0 Å². The standard InChI is InChI=1S/C19H16F3N3O4S/c20-13-8-15(21)14(16(22)9-13)11-30(28,29)17(19(27)24-7-6-23)10-25-18(26)12-4-2-1-3-5-12/h1-5,8-9,17H,7,10-11H2,(H,24,27)(H,25,26). The normalized spacial score (nSPS) is 11.9. The molecule has 1 atom stereocenters. The number of benzene rings is 2. The van der Waals surface area contributed by atoms with Crippen molar-refractivity contribution in [3.8, 4) is 6.07 Å². The van der Waals surface area contributed by atoms with Crippen molar-refractivity contribution in [1.82, 2.24) is 10.6 Å². The van der Waals surface area contributed by atoms with Crippen LogP contribution in [0.1, 0.15) is 15.9 Å². The fourth-order valence-corrected chi connectivity index (χ4v) is 4.14. The molecule has 11 heteroatoms. The first-order chi connectivity index (χ1) is 14.2. The summed E-state index contributed by atoms with van der Waals surface area (Å²) in [5.41, 5.74) is -0.745. The number of carbonyl (C=O) groups excluding carboxylic acids is 2. The number of nitriles is 1. The summed E-state index contributed by atoms with van der Waals surface area (Å²) in [6, 6.07) is 9.94. The predicted molar refractivity (Wildman–Crippen MR) is 100 cm³/mol. The highest BCUT2D eigenvalue weighted by molar-refractivity contribution is 7.92. The van der Waals surface area contributed by atoms with Gasteiger partial charge in [0.2, 0.25) is 5.91 Å². The maximum atomic E-state index is 13.9. The van der Waals surface area contributed by atoms with Gasteiger partial charge in [-0.3, -0.25) is 9.59 Å². The summed E-state index contributed by atoms with van der Waals surface area (Å²) in [4.78, 5) is 24.4. The molecule has 0 radical (unpaired) electrons. The SMILES string of the molecule is N#CCNC(=O)C(CNC(=O)c1ccccc1)S(=O)(=O)Cc1c(F)cc(F)cc1F. The molecular formula is C19H16F3N3O4S. The number of carbonyl (C=O) groups is 2. The van der Waals surface area contributed by atoms with Crippen LogP contribution in [0.3, 0.4) is 0 Å². The van der Waals surface area contributed by atoms with Crippen LogP contribution in [0, 0.1) is 28.8 Å². The van der Waals surface area contributed by atoms with Crippen molar-refractivity contribution < 1.29 is 31.2 Å². The monoisotopic (exact) mass is 439 g/mol. The molecule has 0 heterocycles. The Hall–Kier alpha value is -3.39. The minimum Gasteiger partial charge on any atom is -0.350 e. The predicted octanol–water partition coefficient (Wildman–Crippen LogP) is 1.46. The Balaban J connectivity index is 2.28. The first kappa shape index (κ1) is 22.9. The molecule has 0 spiro atoms. The van der Waals surface area contributed by atoms with Gasteiger partial charge in [0.15, 0.2) is 15.1 Å². The van der Waals surface area contributed by atoms with Crippen molar-refractivity contribution in [3.63, 3.8) is 0 Å². The second kappa shape index (κ2) is 9.89. The van der Waals surface area contributed by atoms with E-state index in [0.29, 0.717) is 12.1 Å². The molecule has 2 amide bonds. The molecular weight excluding hydrogens is 423 g/mol. The molecule has 7 nitrogen and oxygen atoms in total. The lowest BCUT2D eigenvalue weighted by atomic mass is 10.2. The third kappa shape index (κ3) is 5.81. The first-order valence-electron chi connectivity index (χ1n) is 8.48. The molecule has 0 aromatic heterocycles. The number of amides is 2. The van der Waals surface area contributed by atoms with E-state index < -0.39 is 68.8 Å². The quantitative estimate of drug-likeness (QED) is 0.604. The van der Waals surface area contributed by atoms with Crippen molar-refractivity contribution in [1.29, 1.82) is 5.26 Å². The number of halogens is 3. The maximum Gasteiger partial charge on any atom is 0.251 e. The van der Waals surface area contributed by atoms with Crippen LogP contribution in [0.15, 0.2) is 42.5 Å². The van der Waals surface area contributed by atoms with Crippen LogP contribution >= 0.6 is 0 Å². The Morgan fingerprint density at radius 2 is 1.63 bits per heavy atom. The summed E-state index contributed by atoms with van der Waals surface area (Å²) < 4.78 is 66.3.